The number of nitrogens with zero attached hydrogens (tertiary/aromatic N) is 1. The highest BCUT2D eigenvalue weighted by molar-refractivity contribution is 5.72. The minimum Gasteiger partial charge on any atom is -0.480 e. The van der Waals surface area contributed by atoms with Crippen molar-refractivity contribution in [2.75, 3.05) is 32.7 Å². The summed E-state index contributed by atoms with van der Waals surface area (Å²) in [6, 6.07) is -0.492. The van der Waals surface area contributed by atoms with Crippen molar-refractivity contribution in [3.05, 3.63) is 0 Å². The number of aliphatic carboxylic acids is 1. The molecule has 0 aromatic heterocycles. The van der Waals surface area contributed by atoms with E-state index in [2.05, 4.69) is 31.0 Å². The van der Waals surface area contributed by atoms with Crippen molar-refractivity contribution in [1.29, 1.82) is 0 Å². The molecule has 4 N–H and O–H groups in total. The molecule has 0 saturated carbocycles. The number of nitrogens with two attached hydrogens (primary N) is 1. The number of hydrogen-bond donors (Lipinski definition) is 3. The lowest BCUT2D eigenvalue weighted by Crippen LogP contribution is -2.36. The Hall–Kier alpha value is -0.650. The van der Waals surface area contributed by atoms with Crippen LogP contribution in [0.4, 0.5) is 0 Å². The summed E-state index contributed by atoms with van der Waals surface area (Å²) in [5, 5.41) is 11.0. The van der Waals surface area contributed by atoms with Gasteiger partial charge in [-0.15, -0.1) is 0 Å². The Morgan fingerprint density at radius 3 is 1.94 bits per heavy atom. The second-order valence-electron chi connectivity index (χ2n) is 3.42. The van der Waals surface area contributed by atoms with Crippen molar-refractivity contribution in [3.8, 4) is 0 Å². The van der Waals surface area contributed by atoms with Crippen LogP contribution in [0.2, 0.25) is 0 Å². The Balaban J connectivity index is 0. The maximum absolute atomic E-state index is 10.1. The molecule has 0 aromatic carbocycles. The van der Waals surface area contributed by atoms with Gasteiger partial charge in [0, 0.05) is 13.1 Å². The first-order chi connectivity index (χ1) is 7.53. The van der Waals surface area contributed by atoms with Crippen LogP contribution in [0, 0.1) is 0 Å². The van der Waals surface area contributed by atoms with Crippen molar-refractivity contribution in [2.45, 2.75) is 33.7 Å². The van der Waals surface area contributed by atoms with Gasteiger partial charge in [0.25, 0.3) is 0 Å². The molecule has 0 aliphatic rings. The minimum atomic E-state index is -0.844. The molecule has 0 aliphatic heterocycles. The van der Waals surface area contributed by atoms with Crippen LogP contribution < -0.4 is 11.1 Å². The largest absolute Gasteiger partial charge is 0.480 e. The van der Waals surface area contributed by atoms with Gasteiger partial charge in [-0.05, 0) is 26.6 Å². The average Bonchev–Trinajstić information content (AvgIpc) is 2.29. The molecule has 0 radical (unpaired) electrons. The second kappa shape index (κ2) is 12.4. The highest BCUT2D eigenvalue weighted by atomic mass is 16.4. The number of nitrogens with one attached hydrogen (secondary N) is 1. The molecule has 98 valence electrons. The van der Waals surface area contributed by atoms with Crippen molar-refractivity contribution >= 4 is 5.97 Å². The summed E-state index contributed by atoms with van der Waals surface area (Å²) >= 11 is 0. The van der Waals surface area contributed by atoms with Gasteiger partial charge in [0.15, 0.2) is 0 Å². The van der Waals surface area contributed by atoms with Crippen LogP contribution in [0.3, 0.4) is 0 Å². The zero-order valence-electron chi connectivity index (χ0n) is 11.0. The molecule has 0 heterocycles. The maximum atomic E-state index is 10.1. The van der Waals surface area contributed by atoms with E-state index in [4.69, 9.17) is 10.8 Å². The van der Waals surface area contributed by atoms with Crippen molar-refractivity contribution in [2.24, 2.45) is 5.73 Å². The molecule has 5 nitrogen and oxygen atoms in total. The summed E-state index contributed by atoms with van der Waals surface area (Å²) < 4.78 is 0. The Labute approximate surface area is 99.0 Å². The van der Waals surface area contributed by atoms with E-state index in [1.165, 1.54) is 19.6 Å². The van der Waals surface area contributed by atoms with Crippen molar-refractivity contribution in [3.63, 3.8) is 0 Å². The summed E-state index contributed by atoms with van der Waals surface area (Å²) in [6.07, 6.45) is 0. The maximum Gasteiger partial charge on any atom is 0.320 e. The Morgan fingerprint density at radius 1 is 1.31 bits per heavy atom. The molecule has 0 spiro atoms. The Morgan fingerprint density at radius 2 is 1.75 bits per heavy atom. The molecule has 0 amide bonds. The SMILES string of the molecule is CCN(CC)CC.C[C@H](NCCN)C(=O)O. The molecular weight excluding hydrogens is 206 g/mol. The first kappa shape index (κ1) is 17.7. The molecular formula is C11H27N3O2. The lowest BCUT2D eigenvalue weighted by molar-refractivity contribution is -0.138. The predicted octanol–water partition coefficient (Wildman–Crippen LogP) is 0.356. The molecule has 5 heteroatoms. The third kappa shape index (κ3) is 11.4. The fourth-order valence-electron chi connectivity index (χ4n) is 1.06. The zero-order valence-corrected chi connectivity index (χ0v) is 11.0. The van der Waals surface area contributed by atoms with E-state index in [1.807, 2.05) is 0 Å². The Bertz CT molecular complexity index is 156. The van der Waals surface area contributed by atoms with Gasteiger partial charge in [-0.25, -0.2) is 0 Å². The Kier molecular flexibility index (Phi) is 13.8. The second-order valence-corrected chi connectivity index (χ2v) is 3.42. The van der Waals surface area contributed by atoms with Crippen LogP contribution in [0.15, 0.2) is 0 Å². The summed E-state index contributed by atoms with van der Waals surface area (Å²) in [7, 11) is 0. The number of carboxylic acids is 1. The molecule has 0 bridgehead atoms. The van der Waals surface area contributed by atoms with Crippen LogP contribution in [-0.4, -0.2) is 54.7 Å². The lowest BCUT2D eigenvalue weighted by atomic mass is 10.3. The number of carboxylic acid groups (broad SMARTS) is 1. The van der Waals surface area contributed by atoms with E-state index in [0.29, 0.717) is 13.1 Å². The molecule has 0 aliphatic carbocycles. The fraction of sp³-hybridized carbons (Fsp3) is 0.909. The molecule has 0 aromatic rings. The van der Waals surface area contributed by atoms with Gasteiger partial charge >= 0.3 is 5.97 Å². The molecule has 0 saturated heterocycles. The molecule has 0 unspecified atom stereocenters. The van der Waals surface area contributed by atoms with Crippen LogP contribution in [-0.2, 0) is 4.79 Å². The highest BCUT2D eigenvalue weighted by Gasteiger charge is 2.07. The minimum absolute atomic E-state index is 0.470. The fourth-order valence-corrected chi connectivity index (χ4v) is 1.06. The van der Waals surface area contributed by atoms with E-state index in [-0.39, 0.29) is 0 Å². The summed E-state index contributed by atoms with van der Waals surface area (Å²) in [4.78, 5) is 12.5. The van der Waals surface area contributed by atoms with Gasteiger partial charge in [0.05, 0.1) is 0 Å². The molecule has 16 heavy (non-hydrogen) atoms. The standard InChI is InChI=1S/C6H15N.C5H12N2O2/c1-4-7(5-2)6-3;1-4(5(8)9)7-3-2-6/h4-6H2,1-3H3;4,7H,2-3,6H2,1H3,(H,8,9)/t;4-/m.0/s1. The van der Waals surface area contributed by atoms with Gasteiger partial charge in [0.2, 0.25) is 0 Å². The molecule has 0 rings (SSSR count). The number of carbonyl (C=O) groups is 1. The summed E-state index contributed by atoms with van der Waals surface area (Å²) in [5.74, 6) is -0.844. The van der Waals surface area contributed by atoms with E-state index in [9.17, 15) is 4.79 Å². The van der Waals surface area contributed by atoms with Gasteiger partial charge in [0.1, 0.15) is 6.04 Å². The quantitative estimate of drug-likeness (QED) is 0.591. The number of hydrogen-bond acceptors (Lipinski definition) is 4. The van der Waals surface area contributed by atoms with E-state index >= 15 is 0 Å². The van der Waals surface area contributed by atoms with Crippen LogP contribution >= 0.6 is 0 Å². The highest BCUT2D eigenvalue weighted by Crippen LogP contribution is 1.81. The van der Waals surface area contributed by atoms with Gasteiger partial charge in [-0.1, -0.05) is 20.8 Å². The zero-order chi connectivity index (χ0) is 13.0. The van der Waals surface area contributed by atoms with Gasteiger partial charge in [-0.2, -0.15) is 0 Å². The van der Waals surface area contributed by atoms with Crippen molar-refractivity contribution in [1.82, 2.24) is 10.2 Å². The van der Waals surface area contributed by atoms with Crippen LogP contribution in [0.1, 0.15) is 27.7 Å². The lowest BCUT2D eigenvalue weighted by Gasteiger charge is -2.13. The topological polar surface area (TPSA) is 78.6 Å². The smallest absolute Gasteiger partial charge is 0.320 e. The first-order valence-electron chi connectivity index (χ1n) is 5.91. The third-order valence-electron chi connectivity index (χ3n) is 2.31. The molecule has 0 fully saturated rings. The first-order valence-corrected chi connectivity index (χ1v) is 5.91. The summed E-state index contributed by atoms with van der Waals surface area (Å²) in [5.41, 5.74) is 5.12. The third-order valence-corrected chi connectivity index (χ3v) is 2.31. The average molecular weight is 233 g/mol. The van der Waals surface area contributed by atoms with Gasteiger partial charge in [-0.3, -0.25) is 4.79 Å². The molecule has 1 atom stereocenters. The van der Waals surface area contributed by atoms with Gasteiger partial charge < -0.3 is 21.1 Å². The number of rotatable bonds is 7. The van der Waals surface area contributed by atoms with E-state index < -0.39 is 12.0 Å². The van der Waals surface area contributed by atoms with E-state index in [1.54, 1.807) is 6.92 Å². The van der Waals surface area contributed by atoms with Crippen LogP contribution in [0.25, 0.3) is 0 Å². The van der Waals surface area contributed by atoms with Crippen LogP contribution in [0.5, 0.6) is 0 Å². The van der Waals surface area contributed by atoms with Crippen molar-refractivity contribution < 1.29 is 9.90 Å². The van der Waals surface area contributed by atoms with E-state index in [0.717, 1.165) is 0 Å². The summed E-state index contributed by atoms with van der Waals surface area (Å²) in [6.45, 7) is 12.7. The normalized spacial score (nSPS) is 11.9. The predicted molar refractivity (Wildman–Crippen MR) is 67.6 cm³/mol. The monoisotopic (exact) mass is 233 g/mol.